The lowest BCUT2D eigenvalue weighted by atomic mass is 10.1. The van der Waals surface area contributed by atoms with Crippen molar-refractivity contribution in [3.8, 4) is 5.75 Å². The fourth-order valence-electron chi connectivity index (χ4n) is 2.81. The van der Waals surface area contributed by atoms with E-state index >= 15 is 0 Å². The number of nitrogens with zero attached hydrogens (tertiary/aromatic N) is 2. The number of aromatic nitrogens is 1. The first-order chi connectivity index (χ1) is 10.8. The van der Waals surface area contributed by atoms with Crippen molar-refractivity contribution in [1.82, 2.24) is 15.2 Å². The zero-order chi connectivity index (χ0) is 15.2. The van der Waals surface area contributed by atoms with Crippen LogP contribution < -0.4 is 10.1 Å². The van der Waals surface area contributed by atoms with Gasteiger partial charge in [-0.15, -0.1) is 0 Å². The van der Waals surface area contributed by atoms with Crippen LogP contribution >= 0.6 is 0 Å². The van der Waals surface area contributed by atoms with Gasteiger partial charge in [-0.25, -0.2) is 0 Å². The van der Waals surface area contributed by atoms with Crippen LogP contribution in [0.25, 0.3) is 0 Å². The van der Waals surface area contributed by atoms with E-state index in [-0.39, 0.29) is 0 Å². The molecule has 1 aromatic heterocycles. The van der Waals surface area contributed by atoms with Crippen molar-refractivity contribution >= 4 is 0 Å². The monoisotopic (exact) mass is 297 g/mol. The number of hydrogen-bond donors (Lipinski definition) is 1. The first kappa shape index (κ1) is 15.0. The lowest BCUT2D eigenvalue weighted by Gasteiger charge is -2.32. The number of pyridine rings is 1. The van der Waals surface area contributed by atoms with Gasteiger partial charge in [0.1, 0.15) is 12.4 Å². The van der Waals surface area contributed by atoms with Crippen molar-refractivity contribution < 1.29 is 4.74 Å². The summed E-state index contributed by atoms with van der Waals surface area (Å²) in [5.41, 5.74) is 2.20. The standard InChI is InChI=1S/C18H23N3O/c1-15-12-21(11-10-19-15)13-16-6-2-3-8-18(16)22-14-17-7-4-5-9-20-17/h2-9,15,19H,10-14H2,1H3. The molecule has 116 valence electrons. The summed E-state index contributed by atoms with van der Waals surface area (Å²) in [5.74, 6) is 0.958. The Morgan fingerprint density at radius 2 is 2.09 bits per heavy atom. The van der Waals surface area contributed by atoms with Gasteiger partial charge in [0.05, 0.1) is 5.69 Å². The maximum atomic E-state index is 5.99. The summed E-state index contributed by atoms with van der Waals surface area (Å²) < 4.78 is 5.99. The largest absolute Gasteiger partial charge is 0.487 e. The van der Waals surface area contributed by atoms with Crippen LogP contribution in [-0.2, 0) is 13.2 Å². The highest BCUT2D eigenvalue weighted by Crippen LogP contribution is 2.21. The number of para-hydroxylation sites is 1. The summed E-state index contributed by atoms with van der Waals surface area (Å²) in [4.78, 5) is 6.78. The zero-order valence-corrected chi connectivity index (χ0v) is 13.0. The topological polar surface area (TPSA) is 37.4 Å². The Balaban J connectivity index is 1.64. The number of hydrogen-bond acceptors (Lipinski definition) is 4. The third-order valence-electron chi connectivity index (χ3n) is 3.92. The van der Waals surface area contributed by atoms with Gasteiger partial charge in [-0.05, 0) is 25.1 Å². The highest BCUT2D eigenvalue weighted by Gasteiger charge is 2.17. The minimum absolute atomic E-state index is 0.510. The first-order valence-electron chi connectivity index (χ1n) is 7.87. The highest BCUT2D eigenvalue weighted by molar-refractivity contribution is 5.33. The second-order valence-corrected chi connectivity index (χ2v) is 5.81. The Morgan fingerprint density at radius 3 is 2.91 bits per heavy atom. The molecule has 1 aromatic carbocycles. The second kappa shape index (κ2) is 7.38. The van der Waals surface area contributed by atoms with Gasteiger partial charge in [-0.2, -0.15) is 0 Å². The fraction of sp³-hybridized carbons (Fsp3) is 0.389. The molecule has 1 aliphatic heterocycles. The molecule has 0 amide bonds. The lowest BCUT2D eigenvalue weighted by Crippen LogP contribution is -2.48. The summed E-state index contributed by atoms with van der Waals surface area (Å²) in [5, 5.41) is 3.48. The van der Waals surface area contributed by atoms with Crippen molar-refractivity contribution in [3.63, 3.8) is 0 Å². The van der Waals surface area contributed by atoms with Crippen LogP contribution in [0.15, 0.2) is 48.7 Å². The molecule has 0 aliphatic carbocycles. The quantitative estimate of drug-likeness (QED) is 0.920. The van der Waals surface area contributed by atoms with Crippen LogP contribution in [0, 0.1) is 0 Å². The molecule has 0 spiro atoms. The zero-order valence-electron chi connectivity index (χ0n) is 13.0. The van der Waals surface area contributed by atoms with Crippen LogP contribution in [0.1, 0.15) is 18.2 Å². The molecule has 0 radical (unpaired) electrons. The minimum Gasteiger partial charge on any atom is -0.487 e. The van der Waals surface area contributed by atoms with E-state index in [4.69, 9.17) is 4.74 Å². The van der Waals surface area contributed by atoms with Crippen LogP contribution in [0.5, 0.6) is 5.75 Å². The third-order valence-corrected chi connectivity index (χ3v) is 3.92. The van der Waals surface area contributed by atoms with Crippen molar-refractivity contribution in [2.45, 2.75) is 26.1 Å². The fourth-order valence-corrected chi connectivity index (χ4v) is 2.81. The number of rotatable bonds is 5. The van der Waals surface area contributed by atoms with Gasteiger partial charge in [-0.3, -0.25) is 9.88 Å². The predicted octanol–water partition coefficient (Wildman–Crippen LogP) is 2.45. The average Bonchev–Trinajstić information content (AvgIpc) is 2.55. The first-order valence-corrected chi connectivity index (χ1v) is 7.87. The summed E-state index contributed by atoms with van der Waals surface area (Å²) >= 11 is 0. The molecule has 4 heteroatoms. The lowest BCUT2D eigenvalue weighted by molar-refractivity contribution is 0.195. The van der Waals surface area contributed by atoms with E-state index < -0.39 is 0 Å². The molecule has 1 saturated heterocycles. The van der Waals surface area contributed by atoms with E-state index in [1.807, 2.05) is 30.3 Å². The molecule has 2 aromatic rings. The predicted molar refractivity (Wildman–Crippen MR) is 87.8 cm³/mol. The minimum atomic E-state index is 0.510. The highest BCUT2D eigenvalue weighted by atomic mass is 16.5. The van der Waals surface area contributed by atoms with Gasteiger partial charge in [0.25, 0.3) is 0 Å². The third kappa shape index (κ3) is 4.06. The van der Waals surface area contributed by atoms with Crippen molar-refractivity contribution in [2.24, 2.45) is 0 Å². The van der Waals surface area contributed by atoms with Gasteiger partial charge in [0.2, 0.25) is 0 Å². The van der Waals surface area contributed by atoms with Crippen LogP contribution in [0.3, 0.4) is 0 Å². The number of piperazine rings is 1. The SMILES string of the molecule is CC1CN(Cc2ccccc2OCc2ccccn2)CCN1. The molecule has 1 fully saturated rings. The molecule has 22 heavy (non-hydrogen) atoms. The molecule has 3 rings (SSSR count). The van der Waals surface area contributed by atoms with E-state index in [1.165, 1.54) is 5.56 Å². The van der Waals surface area contributed by atoms with Crippen LogP contribution in [0.2, 0.25) is 0 Å². The summed E-state index contributed by atoms with van der Waals surface area (Å²) in [6.45, 7) is 6.89. The second-order valence-electron chi connectivity index (χ2n) is 5.81. The van der Waals surface area contributed by atoms with Crippen molar-refractivity contribution in [1.29, 1.82) is 0 Å². The normalized spacial score (nSPS) is 19.0. The Bertz CT molecular complexity index is 588. The molecule has 1 N–H and O–H groups in total. The van der Waals surface area contributed by atoms with Gasteiger partial charge >= 0.3 is 0 Å². The van der Waals surface area contributed by atoms with E-state index in [0.717, 1.165) is 37.6 Å². The molecular formula is C18H23N3O. The maximum Gasteiger partial charge on any atom is 0.130 e. The molecule has 2 heterocycles. The average molecular weight is 297 g/mol. The van der Waals surface area contributed by atoms with Gasteiger partial charge < -0.3 is 10.1 Å². The van der Waals surface area contributed by atoms with E-state index in [9.17, 15) is 0 Å². The van der Waals surface area contributed by atoms with Gasteiger partial charge in [0.15, 0.2) is 0 Å². The Kier molecular flexibility index (Phi) is 5.03. The van der Waals surface area contributed by atoms with Crippen molar-refractivity contribution in [3.05, 3.63) is 59.9 Å². The van der Waals surface area contributed by atoms with Gasteiger partial charge in [-0.1, -0.05) is 24.3 Å². The summed E-state index contributed by atoms with van der Waals surface area (Å²) in [6, 6.07) is 14.7. The molecule has 1 unspecified atom stereocenters. The van der Waals surface area contributed by atoms with Crippen LogP contribution in [-0.4, -0.2) is 35.6 Å². The summed E-state index contributed by atoms with van der Waals surface area (Å²) in [7, 11) is 0. The molecular weight excluding hydrogens is 274 g/mol. The molecule has 1 aliphatic rings. The number of nitrogens with one attached hydrogen (secondary N) is 1. The Morgan fingerprint density at radius 1 is 1.23 bits per heavy atom. The van der Waals surface area contributed by atoms with Crippen LogP contribution in [0.4, 0.5) is 0 Å². The van der Waals surface area contributed by atoms with E-state index in [2.05, 4.69) is 34.3 Å². The van der Waals surface area contributed by atoms with E-state index in [1.54, 1.807) is 6.20 Å². The summed E-state index contributed by atoms with van der Waals surface area (Å²) in [6.07, 6.45) is 1.80. The molecule has 0 saturated carbocycles. The number of benzene rings is 1. The molecule has 1 atom stereocenters. The number of ether oxygens (including phenoxy) is 1. The van der Waals surface area contributed by atoms with Crippen molar-refractivity contribution in [2.75, 3.05) is 19.6 Å². The van der Waals surface area contributed by atoms with Gasteiger partial charge in [0, 0.05) is 44.0 Å². The van der Waals surface area contributed by atoms with E-state index in [0.29, 0.717) is 12.6 Å². The smallest absolute Gasteiger partial charge is 0.130 e. The Hall–Kier alpha value is -1.91. The molecule has 4 nitrogen and oxygen atoms in total. The molecule has 0 bridgehead atoms. The maximum absolute atomic E-state index is 5.99. The Labute approximate surface area is 132 Å².